The van der Waals surface area contributed by atoms with Gasteiger partial charge in [-0.05, 0) is 56.0 Å². The van der Waals surface area contributed by atoms with Crippen LogP contribution in [0.5, 0.6) is 0 Å². The van der Waals surface area contributed by atoms with Crippen LogP contribution in [-0.2, 0) is 13.5 Å². The average molecular weight is 289 g/mol. The summed E-state index contributed by atoms with van der Waals surface area (Å²) >= 11 is 1.92. The van der Waals surface area contributed by atoms with E-state index in [2.05, 4.69) is 42.1 Å². The number of hydrogen-bond donors (Lipinski definition) is 1. The Hall–Kier alpha value is -1.00. The summed E-state index contributed by atoms with van der Waals surface area (Å²) in [5, 5.41) is 4.59. The minimum absolute atomic E-state index is 0.840. The van der Waals surface area contributed by atoms with Crippen molar-refractivity contribution >= 4 is 22.8 Å². The predicted molar refractivity (Wildman–Crippen MR) is 86.4 cm³/mol. The van der Waals surface area contributed by atoms with Crippen LogP contribution in [0.4, 0.5) is 0 Å². The summed E-state index contributed by atoms with van der Waals surface area (Å²) < 4.78 is 2.24. The molecule has 1 aromatic heterocycles. The van der Waals surface area contributed by atoms with Crippen molar-refractivity contribution in [3.8, 4) is 0 Å². The van der Waals surface area contributed by atoms with E-state index in [9.17, 15) is 0 Å². The largest absolute Gasteiger partial charge is 0.322 e. The highest BCUT2D eigenvalue weighted by molar-refractivity contribution is 7.99. The van der Waals surface area contributed by atoms with E-state index in [-0.39, 0.29) is 0 Å². The molecular weight excluding hydrogens is 266 g/mol. The van der Waals surface area contributed by atoms with Gasteiger partial charge in [0.05, 0.1) is 11.0 Å². The lowest BCUT2D eigenvalue weighted by Gasteiger charge is -2.21. The third-order valence-corrected chi connectivity index (χ3v) is 5.48. The van der Waals surface area contributed by atoms with Gasteiger partial charge in [0, 0.05) is 12.8 Å². The van der Waals surface area contributed by atoms with Gasteiger partial charge >= 0.3 is 0 Å². The maximum Gasteiger partial charge on any atom is 0.168 e. The van der Waals surface area contributed by atoms with Gasteiger partial charge in [0.25, 0.3) is 0 Å². The number of piperidine rings is 1. The van der Waals surface area contributed by atoms with E-state index < -0.39 is 0 Å². The van der Waals surface area contributed by atoms with Crippen LogP contribution in [0, 0.1) is 5.92 Å². The number of hydrogen-bond acceptors (Lipinski definition) is 3. The number of aromatic nitrogens is 2. The highest BCUT2D eigenvalue weighted by Crippen LogP contribution is 2.27. The zero-order valence-corrected chi connectivity index (χ0v) is 13.2. The molecule has 0 unspecified atom stereocenters. The molecule has 2 heterocycles. The zero-order chi connectivity index (χ0) is 13.9. The van der Waals surface area contributed by atoms with Crippen LogP contribution in [-0.4, -0.2) is 28.4 Å². The lowest BCUT2D eigenvalue weighted by atomic mass is 10.0. The lowest BCUT2D eigenvalue weighted by Crippen LogP contribution is -2.28. The number of aryl methyl sites for hydroxylation is 2. The molecule has 0 bridgehead atoms. The minimum atomic E-state index is 0.840. The van der Waals surface area contributed by atoms with E-state index in [0.29, 0.717) is 0 Å². The monoisotopic (exact) mass is 289 g/mol. The second-order valence-electron chi connectivity index (χ2n) is 5.63. The van der Waals surface area contributed by atoms with Gasteiger partial charge < -0.3 is 9.88 Å². The first kappa shape index (κ1) is 14.0. The van der Waals surface area contributed by atoms with Crippen LogP contribution in [0.1, 0.15) is 25.3 Å². The lowest BCUT2D eigenvalue weighted by molar-refractivity contribution is 0.407. The van der Waals surface area contributed by atoms with E-state index in [1.54, 1.807) is 0 Å². The molecule has 20 heavy (non-hydrogen) atoms. The quantitative estimate of drug-likeness (QED) is 0.876. The van der Waals surface area contributed by atoms with E-state index in [1.807, 2.05) is 11.8 Å². The summed E-state index contributed by atoms with van der Waals surface area (Å²) in [6, 6.07) is 6.64. The topological polar surface area (TPSA) is 29.9 Å². The standard InChI is InChI=1S/C16H23N3S/c1-3-12-4-5-15-14(10-12)18-16(19(15)2)20-11-13-6-8-17-9-7-13/h4-5,10,13,17H,3,6-9,11H2,1-2H3. The van der Waals surface area contributed by atoms with Gasteiger partial charge in [-0.2, -0.15) is 0 Å². The van der Waals surface area contributed by atoms with Crippen LogP contribution in [0.25, 0.3) is 11.0 Å². The normalized spacial score (nSPS) is 16.9. The average Bonchev–Trinajstić information content (AvgIpc) is 2.82. The number of benzene rings is 1. The molecule has 1 saturated heterocycles. The van der Waals surface area contributed by atoms with Gasteiger partial charge in [-0.3, -0.25) is 0 Å². The first-order valence-electron chi connectivity index (χ1n) is 7.56. The first-order chi connectivity index (χ1) is 9.78. The number of imidazole rings is 1. The maximum absolute atomic E-state index is 4.82. The number of fused-ring (bicyclic) bond motifs is 1. The molecule has 0 aliphatic carbocycles. The van der Waals surface area contributed by atoms with Crippen molar-refractivity contribution in [1.29, 1.82) is 0 Å². The number of nitrogens with zero attached hydrogens (tertiary/aromatic N) is 2. The summed E-state index contributed by atoms with van der Waals surface area (Å²) in [7, 11) is 2.13. The molecule has 2 aromatic rings. The van der Waals surface area contributed by atoms with E-state index in [4.69, 9.17) is 4.98 Å². The van der Waals surface area contributed by atoms with Gasteiger partial charge in [0.15, 0.2) is 5.16 Å². The molecule has 1 aliphatic heterocycles. The van der Waals surface area contributed by atoms with Gasteiger partial charge in [-0.25, -0.2) is 4.98 Å². The Bertz CT molecular complexity index is 585. The molecule has 1 aliphatic rings. The van der Waals surface area contributed by atoms with Crippen LogP contribution in [0.15, 0.2) is 23.4 Å². The van der Waals surface area contributed by atoms with Crippen LogP contribution in [0.3, 0.4) is 0 Å². The summed E-state index contributed by atoms with van der Waals surface area (Å²) in [6.07, 6.45) is 3.68. The van der Waals surface area contributed by atoms with Gasteiger partial charge in [-0.1, -0.05) is 24.8 Å². The smallest absolute Gasteiger partial charge is 0.168 e. The highest BCUT2D eigenvalue weighted by Gasteiger charge is 2.15. The van der Waals surface area contributed by atoms with Crippen LogP contribution < -0.4 is 5.32 Å². The van der Waals surface area contributed by atoms with E-state index in [1.165, 1.54) is 42.8 Å². The fourth-order valence-electron chi connectivity index (χ4n) is 2.81. The molecule has 1 N–H and O–H groups in total. The first-order valence-corrected chi connectivity index (χ1v) is 8.55. The molecule has 0 amide bonds. The Morgan fingerprint density at radius 3 is 2.90 bits per heavy atom. The zero-order valence-electron chi connectivity index (χ0n) is 12.4. The van der Waals surface area contributed by atoms with Crippen molar-refractivity contribution in [2.45, 2.75) is 31.3 Å². The van der Waals surface area contributed by atoms with Crippen LogP contribution in [0.2, 0.25) is 0 Å². The third-order valence-electron chi connectivity index (χ3n) is 4.22. The van der Waals surface area contributed by atoms with Crippen molar-refractivity contribution in [3.63, 3.8) is 0 Å². The highest BCUT2D eigenvalue weighted by atomic mass is 32.2. The Labute approximate surface area is 125 Å². The maximum atomic E-state index is 4.82. The molecule has 0 radical (unpaired) electrons. The number of nitrogens with one attached hydrogen (secondary N) is 1. The molecule has 108 valence electrons. The molecule has 0 atom stereocenters. The van der Waals surface area contributed by atoms with Gasteiger partial charge in [-0.15, -0.1) is 0 Å². The van der Waals surface area contributed by atoms with Gasteiger partial charge in [0.2, 0.25) is 0 Å². The minimum Gasteiger partial charge on any atom is -0.322 e. The van der Waals surface area contributed by atoms with Crippen LogP contribution >= 0.6 is 11.8 Å². The fourth-order valence-corrected chi connectivity index (χ4v) is 3.99. The summed E-state index contributed by atoms with van der Waals surface area (Å²) in [5.74, 6) is 2.03. The van der Waals surface area contributed by atoms with Crippen molar-refractivity contribution in [2.24, 2.45) is 13.0 Å². The number of rotatable bonds is 4. The fraction of sp³-hybridized carbons (Fsp3) is 0.562. The SMILES string of the molecule is CCc1ccc2c(c1)nc(SCC1CCNCC1)n2C. The Balaban J connectivity index is 1.75. The summed E-state index contributed by atoms with van der Waals surface area (Å²) in [5.41, 5.74) is 3.75. The molecule has 0 saturated carbocycles. The third kappa shape index (κ3) is 2.86. The molecule has 0 spiro atoms. The van der Waals surface area contributed by atoms with Crippen molar-refractivity contribution in [3.05, 3.63) is 23.8 Å². The van der Waals surface area contributed by atoms with Gasteiger partial charge in [0.1, 0.15) is 0 Å². The Morgan fingerprint density at radius 2 is 2.15 bits per heavy atom. The Kier molecular flexibility index (Phi) is 4.32. The van der Waals surface area contributed by atoms with Crippen molar-refractivity contribution in [2.75, 3.05) is 18.8 Å². The molecule has 1 fully saturated rings. The van der Waals surface area contributed by atoms with E-state index in [0.717, 1.165) is 23.0 Å². The van der Waals surface area contributed by atoms with Crippen molar-refractivity contribution < 1.29 is 0 Å². The molecule has 3 rings (SSSR count). The molecule has 4 heteroatoms. The van der Waals surface area contributed by atoms with Crippen molar-refractivity contribution in [1.82, 2.24) is 14.9 Å². The summed E-state index contributed by atoms with van der Waals surface area (Å²) in [4.78, 5) is 4.82. The second-order valence-corrected chi connectivity index (χ2v) is 6.62. The predicted octanol–water partition coefficient (Wildman–Crippen LogP) is 3.23. The second kappa shape index (κ2) is 6.19. The van der Waals surface area contributed by atoms with E-state index >= 15 is 0 Å². The number of thioether (sulfide) groups is 1. The molecule has 3 nitrogen and oxygen atoms in total. The molecule has 1 aromatic carbocycles. The summed E-state index contributed by atoms with van der Waals surface area (Å²) in [6.45, 7) is 4.54. The molecular formula is C16H23N3S. The Morgan fingerprint density at radius 1 is 1.35 bits per heavy atom.